The van der Waals surface area contributed by atoms with Crippen LogP contribution in [0.25, 0.3) is 11.1 Å². The molecule has 0 spiro atoms. The van der Waals surface area contributed by atoms with Crippen LogP contribution in [-0.4, -0.2) is 28.0 Å². The first kappa shape index (κ1) is 20.7. The van der Waals surface area contributed by atoms with Gasteiger partial charge in [0.25, 0.3) is 0 Å². The number of rotatable bonds is 7. The molecule has 2 rings (SSSR count). The number of para-hydroxylation sites is 2. The molecule has 0 aliphatic rings. The number of amides is 2. The second kappa shape index (κ2) is 9.89. The lowest BCUT2D eigenvalue weighted by Crippen LogP contribution is -2.11. The minimum absolute atomic E-state index is 0.435. The van der Waals surface area contributed by atoms with Crippen LogP contribution >= 0.6 is 12.6 Å². The molecular formula is C20H16N2O5S. The number of anilines is 2. The Labute approximate surface area is 166 Å². The lowest BCUT2D eigenvalue weighted by Gasteiger charge is -2.14. The van der Waals surface area contributed by atoms with Crippen LogP contribution in [0.2, 0.25) is 0 Å². The molecule has 0 aliphatic carbocycles. The summed E-state index contributed by atoms with van der Waals surface area (Å²) in [5.74, 6) is -2.35. The molecule has 0 radical (unpaired) electrons. The highest BCUT2D eigenvalue weighted by atomic mass is 32.1. The third-order valence-corrected chi connectivity index (χ3v) is 3.56. The summed E-state index contributed by atoms with van der Waals surface area (Å²) < 4.78 is 0. The highest BCUT2D eigenvalue weighted by molar-refractivity contribution is 7.97. The Morgan fingerprint density at radius 3 is 1.57 bits per heavy atom. The van der Waals surface area contributed by atoms with E-state index in [0.29, 0.717) is 22.5 Å². The molecular weight excluding hydrogens is 380 g/mol. The van der Waals surface area contributed by atoms with Crippen molar-refractivity contribution in [2.24, 2.45) is 0 Å². The van der Waals surface area contributed by atoms with Gasteiger partial charge in [-0.1, -0.05) is 36.4 Å². The Hall–Kier alpha value is -3.65. The Kier molecular flexibility index (Phi) is 7.29. The minimum atomic E-state index is -1.23. The van der Waals surface area contributed by atoms with E-state index >= 15 is 0 Å². The van der Waals surface area contributed by atoms with Crippen LogP contribution in [0.1, 0.15) is 0 Å². The maximum atomic E-state index is 12.0. The van der Waals surface area contributed by atoms with Crippen molar-refractivity contribution in [1.29, 1.82) is 0 Å². The number of benzene rings is 2. The number of aliphatic carboxylic acids is 1. The van der Waals surface area contributed by atoms with Crippen molar-refractivity contribution in [1.82, 2.24) is 0 Å². The van der Waals surface area contributed by atoms with Gasteiger partial charge < -0.3 is 15.7 Å². The Morgan fingerprint density at radius 2 is 1.14 bits per heavy atom. The van der Waals surface area contributed by atoms with Gasteiger partial charge in [0.05, 0.1) is 0 Å². The molecule has 0 saturated carbocycles. The van der Waals surface area contributed by atoms with Crippen molar-refractivity contribution < 1.29 is 24.3 Å². The summed E-state index contributed by atoms with van der Waals surface area (Å²) in [5.41, 5.74) is 2.14. The monoisotopic (exact) mass is 396 g/mol. The van der Waals surface area contributed by atoms with Crippen molar-refractivity contribution in [3.63, 3.8) is 0 Å². The van der Waals surface area contributed by atoms with E-state index in [9.17, 15) is 19.2 Å². The first-order valence-electron chi connectivity index (χ1n) is 7.99. The van der Waals surface area contributed by atoms with Gasteiger partial charge in [-0.2, -0.15) is 0 Å². The summed E-state index contributed by atoms with van der Waals surface area (Å²) in [6.07, 6.45) is 3.74. The standard InChI is InChI=1S/C20H16N2O5S/c23-17(9-11-19(25)26)21-15-7-3-1-5-13(15)14-6-2-4-8-16(14)22-18(24)10-12-20(27)28/h1-12H,(H,21,23)(H,22,24)(H,25,26)(H,27,28)/b11-9+,12-10+. The fourth-order valence-electron chi connectivity index (χ4n) is 2.30. The van der Waals surface area contributed by atoms with E-state index in [1.54, 1.807) is 48.5 Å². The molecule has 2 amide bonds. The molecule has 0 fully saturated rings. The highest BCUT2D eigenvalue weighted by Gasteiger charge is 2.12. The number of nitrogens with one attached hydrogen (secondary N) is 2. The van der Waals surface area contributed by atoms with Crippen LogP contribution in [0.4, 0.5) is 11.4 Å². The second-order valence-electron chi connectivity index (χ2n) is 5.41. The summed E-state index contributed by atoms with van der Waals surface area (Å²) in [6, 6.07) is 13.8. The van der Waals surface area contributed by atoms with Crippen molar-refractivity contribution in [3.05, 3.63) is 72.8 Å². The molecule has 0 unspecified atom stereocenters. The molecule has 28 heavy (non-hydrogen) atoms. The quantitative estimate of drug-likeness (QED) is 0.425. The van der Waals surface area contributed by atoms with Crippen molar-refractivity contribution in [3.8, 4) is 11.1 Å². The molecule has 0 bridgehead atoms. The van der Waals surface area contributed by atoms with Crippen LogP contribution in [0, 0.1) is 0 Å². The largest absolute Gasteiger partial charge is 0.478 e. The van der Waals surface area contributed by atoms with Gasteiger partial charge in [0.1, 0.15) is 0 Å². The maximum Gasteiger partial charge on any atom is 0.328 e. The van der Waals surface area contributed by atoms with Gasteiger partial charge in [-0.05, 0) is 18.2 Å². The number of hydrogen-bond acceptors (Lipinski definition) is 4. The molecule has 0 heterocycles. The van der Waals surface area contributed by atoms with Crippen LogP contribution in [0.15, 0.2) is 72.8 Å². The summed E-state index contributed by atoms with van der Waals surface area (Å²) in [4.78, 5) is 45.3. The zero-order valence-corrected chi connectivity index (χ0v) is 15.4. The summed E-state index contributed by atoms with van der Waals surface area (Å²) >= 11 is 3.56. The average molecular weight is 396 g/mol. The van der Waals surface area contributed by atoms with E-state index in [0.717, 1.165) is 24.3 Å². The third kappa shape index (κ3) is 6.26. The first-order valence-corrected chi connectivity index (χ1v) is 8.44. The minimum Gasteiger partial charge on any atom is -0.478 e. The Morgan fingerprint density at radius 1 is 0.714 bits per heavy atom. The summed E-state index contributed by atoms with van der Waals surface area (Å²) in [6.45, 7) is 0. The molecule has 0 atom stereocenters. The van der Waals surface area contributed by atoms with E-state index in [1.165, 1.54) is 0 Å². The summed E-state index contributed by atoms with van der Waals surface area (Å²) in [5, 5.41) is 13.4. The van der Waals surface area contributed by atoms with E-state index in [4.69, 9.17) is 5.11 Å². The van der Waals surface area contributed by atoms with Crippen LogP contribution in [0.5, 0.6) is 0 Å². The lowest BCUT2D eigenvalue weighted by molar-refractivity contribution is -0.131. The molecule has 7 nitrogen and oxygen atoms in total. The Bertz CT molecular complexity index is 903. The average Bonchev–Trinajstić information content (AvgIpc) is 2.66. The zero-order chi connectivity index (χ0) is 20.5. The molecule has 2 aromatic carbocycles. The van der Waals surface area contributed by atoms with Gasteiger partial charge in [-0.25, -0.2) is 4.79 Å². The SMILES string of the molecule is O=C(O)/C=C/C(=O)Nc1ccccc1-c1ccccc1NC(=O)/C=C/C(=O)S. The molecule has 0 aliphatic heterocycles. The van der Waals surface area contributed by atoms with Gasteiger partial charge in [0.15, 0.2) is 0 Å². The van der Waals surface area contributed by atoms with E-state index in [-0.39, 0.29) is 0 Å². The van der Waals surface area contributed by atoms with E-state index in [1.807, 2.05) is 0 Å². The fraction of sp³-hybridized carbons (Fsp3) is 0. The van der Waals surface area contributed by atoms with Crippen molar-refractivity contribution in [2.75, 3.05) is 10.6 Å². The smallest absolute Gasteiger partial charge is 0.328 e. The van der Waals surface area contributed by atoms with Gasteiger partial charge in [-0.15, -0.1) is 12.6 Å². The number of carbonyl (C=O) groups is 4. The predicted octanol–water partition coefficient (Wildman–Crippen LogP) is 2.88. The van der Waals surface area contributed by atoms with Gasteiger partial charge in [-0.3, -0.25) is 14.4 Å². The van der Waals surface area contributed by atoms with Crippen LogP contribution < -0.4 is 10.6 Å². The van der Waals surface area contributed by atoms with Crippen molar-refractivity contribution in [2.45, 2.75) is 0 Å². The van der Waals surface area contributed by atoms with Crippen molar-refractivity contribution >= 4 is 46.9 Å². The number of carbonyl (C=O) groups excluding carboxylic acids is 3. The number of carboxylic acids is 1. The topological polar surface area (TPSA) is 113 Å². The molecule has 8 heteroatoms. The third-order valence-electron chi connectivity index (χ3n) is 3.41. The lowest BCUT2D eigenvalue weighted by atomic mass is 10.0. The van der Waals surface area contributed by atoms with Crippen LogP contribution in [0.3, 0.4) is 0 Å². The van der Waals surface area contributed by atoms with Crippen LogP contribution in [-0.2, 0) is 19.2 Å². The molecule has 0 aromatic heterocycles. The second-order valence-corrected chi connectivity index (χ2v) is 5.85. The number of carboxylic acid groups (broad SMARTS) is 1. The highest BCUT2D eigenvalue weighted by Crippen LogP contribution is 2.33. The number of thiol groups is 1. The number of hydrogen-bond donors (Lipinski definition) is 4. The van der Waals surface area contributed by atoms with Gasteiger partial charge >= 0.3 is 5.97 Å². The van der Waals surface area contributed by atoms with Gasteiger partial charge in [0, 0.05) is 40.7 Å². The molecule has 3 N–H and O–H groups in total. The molecule has 0 saturated heterocycles. The zero-order valence-electron chi connectivity index (χ0n) is 14.5. The Balaban J connectivity index is 2.33. The maximum absolute atomic E-state index is 12.0. The normalized spacial score (nSPS) is 10.8. The summed E-state index contributed by atoms with van der Waals surface area (Å²) in [7, 11) is 0. The van der Waals surface area contributed by atoms with E-state index in [2.05, 4.69) is 23.3 Å². The van der Waals surface area contributed by atoms with Gasteiger partial charge in [0.2, 0.25) is 16.9 Å². The fourth-order valence-corrected chi connectivity index (χ4v) is 2.37. The molecule has 142 valence electrons. The van der Waals surface area contributed by atoms with E-state index < -0.39 is 22.9 Å². The predicted molar refractivity (Wildman–Crippen MR) is 109 cm³/mol. The molecule has 2 aromatic rings. The first-order chi connectivity index (χ1) is 13.4.